The highest BCUT2D eigenvalue weighted by atomic mass is 127. The van der Waals surface area contributed by atoms with Gasteiger partial charge in [-0.2, -0.15) is 0 Å². The van der Waals surface area contributed by atoms with Gasteiger partial charge < -0.3 is 20.7 Å². The molecule has 0 radical (unpaired) electrons. The second-order valence-corrected chi connectivity index (χ2v) is 6.29. The van der Waals surface area contributed by atoms with Crippen LogP contribution in [0.5, 0.6) is 0 Å². The highest BCUT2D eigenvalue weighted by Gasteiger charge is 2.23. The number of carbonyl (C=O) groups excluding carboxylic acids is 1. The summed E-state index contributed by atoms with van der Waals surface area (Å²) in [5, 5.41) is 9.42. The van der Waals surface area contributed by atoms with Crippen LogP contribution in [-0.2, 0) is 22.6 Å². The second-order valence-electron chi connectivity index (χ2n) is 6.29. The van der Waals surface area contributed by atoms with Crippen LogP contribution in [0.4, 0.5) is 5.69 Å². The number of aromatic nitrogens is 1. The van der Waals surface area contributed by atoms with E-state index in [1.807, 2.05) is 42.5 Å². The first-order valence-electron chi connectivity index (χ1n) is 9.10. The summed E-state index contributed by atoms with van der Waals surface area (Å²) in [5.74, 6) is 0.611. The summed E-state index contributed by atoms with van der Waals surface area (Å²) in [6.07, 6.45) is 3.16. The molecule has 0 aliphatic carbocycles. The molecule has 3 N–H and O–H groups in total. The highest BCUT2D eigenvalue weighted by Crippen LogP contribution is 2.16. The van der Waals surface area contributed by atoms with Crippen LogP contribution in [0, 0.1) is 0 Å². The van der Waals surface area contributed by atoms with Crippen molar-refractivity contribution in [3.05, 3.63) is 59.9 Å². The highest BCUT2D eigenvalue weighted by molar-refractivity contribution is 14.0. The van der Waals surface area contributed by atoms with Gasteiger partial charge in [-0.05, 0) is 42.7 Å². The quantitative estimate of drug-likeness (QED) is 0.326. The van der Waals surface area contributed by atoms with Gasteiger partial charge in [-0.25, -0.2) is 0 Å². The van der Waals surface area contributed by atoms with Crippen molar-refractivity contribution >= 4 is 41.5 Å². The number of rotatable bonds is 6. The van der Waals surface area contributed by atoms with E-state index in [1.54, 1.807) is 13.2 Å². The van der Waals surface area contributed by atoms with Gasteiger partial charge in [0.1, 0.15) is 6.10 Å². The Bertz CT molecular complexity index is 779. The third kappa shape index (κ3) is 6.75. The van der Waals surface area contributed by atoms with Crippen LogP contribution in [0.2, 0.25) is 0 Å². The molecule has 28 heavy (non-hydrogen) atoms. The van der Waals surface area contributed by atoms with Crippen LogP contribution < -0.4 is 16.0 Å². The Hall–Kier alpha value is -2.20. The minimum Gasteiger partial charge on any atom is -0.368 e. The number of carbonyl (C=O) groups is 1. The normalized spacial score (nSPS) is 16.2. The molecule has 2 aromatic rings. The van der Waals surface area contributed by atoms with Crippen LogP contribution in [0.3, 0.4) is 0 Å². The molecule has 3 rings (SSSR count). The van der Waals surface area contributed by atoms with Gasteiger partial charge in [0, 0.05) is 32.1 Å². The lowest BCUT2D eigenvalue weighted by molar-refractivity contribution is -0.124. The summed E-state index contributed by atoms with van der Waals surface area (Å²) < 4.78 is 5.42. The second kappa shape index (κ2) is 11.6. The van der Waals surface area contributed by atoms with E-state index in [9.17, 15) is 4.79 Å². The van der Waals surface area contributed by atoms with Gasteiger partial charge in [-0.1, -0.05) is 18.2 Å². The van der Waals surface area contributed by atoms with E-state index in [-0.39, 0.29) is 36.0 Å². The van der Waals surface area contributed by atoms with Gasteiger partial charge in [0.25, 0.3) is 5.91 Å². The van der Waals surface area contributed by atoms with Crippen LogP contribution in [0.25, 0.3) is 0 Å². The lowest BCUT2D eigenvalue weighted by Gasteiger charge is -2.13. The zero-order valence-corrected chi connectivity index (χ0v) is 18.2. The first-order chi connectivity index (χ1) is 13.2. The van der Waals surface area contributed by atoms with Crippen molar-refractivity contribution in [2.75, 3.05) is 19.0 Å². The molecule has 1 unspecified atom stereocenters. The number of anilines is 1. The van der Waals surface area contributed by atoms with E-state index in [1.165, 1.54) is 0 Å². The van der Waals surface area contributed by atoms with Crippen molar-refractivity contribution in [1.29, 1.82) is 0 Å². The fourth-order valence-electron chi connectivity index (χ4n) is 2.85. The number of pyridine rings is 1. The summed E-state index contributed by atoms with van der Waals surface area (Å²) in [7, 11) is 1.73. The fraction of sp³-hybridized carbons (Fsp3) is 0.350. The zero-order valence-electron chi connectivity index (χ0n) is 15.9. The molecule has 1 atom stereocenters. The molecule has 1 saturated heterocycles. The largest absolute Gasteiger partial charge is 0.368 e. The topological polar surface area (TPSA) is 87.6 Å². The third-order valence-corrected chi connectivity index (χ3v) is 4.26. The molecule has 1 aliphatic heterocycles. The van der Waals surface area contributed by atoms with E-state index >= 15 is 0 Å². The molecule has 1 aromatic heterocycles. The first kappa shape index (κ1) is 22.1. The smallest absolute Gasteiger partial charge is 0.253 e. The van der Waals surface area contributed by atoms with Gasteiger partial charge >= 0.3 is 0 Å². The average Bonchev–Trinajstić information content (AvgIpc) is 3.24. The van der Waals surface area contributed by atoms with Gasteiger partial charge in [0.15, 0.2) is 5.96 Å². The van der Waals surface area contributed by atoms with Gasteiger partial charge in [0.05, 0.1) is 12.2 Å². The maximum absolute atomic E-state index is 12.2. The van der Waals surface area contributed by atoms with Crippen molar-refractivity contribution in [2.45, 2.75) is 32.0 Å². The van der Waals surface area contributed by atoms with Gasteiger partial charge in [-0.3, -0.25) is 14.8 Å². The Morgan fingerprint density at radius 1 is 1.21 bits per heavy atom. The standard InChI is InChI=1S/C20H25N5O2.HI/c1-21-20(24-14-17-7-2-3-10-22-17)23-13-15-6-4-8-16(12-15)25-19(26)18-9-5-11-27-18;/h2-4,6-8,10,12,18H,5,9,11,13-14H2,1H3,(H,25,26)(H2,21,23,24);1H. The number of halogens is 1. The molecular weight excluding hydrogens is 469 g/mol. The third-order valence-electron chi connectivity index (χ3n) is 4.26. The first-order valence-corrected chi connectivity index (χ1v) is 9.10. The SMILES string of the molecule is CN=C(NCc1cccc(NC(=O)C2CCCO2)c1)NCc1ccccn1.I. The minimum atomic E-state index is -0.332. The Morgan fingerprint density at radius 3 is 2.79 bits per heavy atom. The molecule has 1 aromatic carbocycles. The Kier molecular flexibility index (Phi) is 9.15. The van der Waals surface area contributed by atoms with Crippen LogP contribution >= 0.6 is 24.0 Å². The van der Waals surface area contributed by atoms with Crippen molar-refractivity contribution < 1.29 is 9.53 Å². The molecule has 1 amide bonds. The lowest BCUT2D eigenvalue weighted by atomic mass is 10.2. The van der Waals surface area contributed by atoms with Crippen LogP contribution in [-0.4, -0.2) is 36.6 Å². The van der Waals surface area contributed by atoms with Crippen molar-refractivity contribution in [2.24, 2.45) is 4.99 Å². The maximum Gasteiger partial charge on any atom is 0.253 e. The number of guanidine groups is 1. The molecule has 150 valence electrons. The summed E-state index contributed by atoms with van der Waals surface area (Å²) in [6, 6.07) is 13.6. The molecule has 8 heteroatoms. The molecular formula is C20H26IN5O2. The number of benzene rings is 1. The number of aliphatic imine (C=N–C) groups is 1. The van der Waals surface area contributed by atoms with Crippen molar-refractivity contribution in [1.82, 2.24) is 15.6 Å². The molecule has 7 nitrogen and oxygen atoms in total. The number of ether oxygens (including phenoxy) is 1. The lowest BCUT2D eigenvalue weighted by Crippen LogP contribution is -2.36. The summed E-state index contributed by atoms with van der Waals surface area (Å²) in [5.41, 5.74) is 2.76. The van der Waals surface area contributed by atoms with Crippen molar-refractivity contribution in [3.63, 3.8) is 0 Å². The predicted molar refractivity (Wildman–Crippen MR) is 121 cm³/mol. The molecule has 1 aliphatic rings. The number of hydrogen-bond acceptors (Lipinski definition) is 4. The fourth-order valence-corrected chi connectivity index (χ4v) is 2.85. The van der Waals surface area contributed by atoms with E-state index in [0.29, 0.717) is 25.7 Å². The number of nitrogens with zero attached hydrogens (tertiary/aromatic N) is 2. The predicted octanol–water partition coefficient (Wildman–Crippen LogP) is 2.68. The summed E-state index contributed by atoms with van der Waals surface area (Å²) >= 11 is 0. The molecule has 0 bridgehead atoms. The number of nitrogens with one attached hydrogen (secondary N) is 3. The molecule has 1 fully saturated rings. The van der Waals surface area contributed by atoms with Crippen LogP contribution in [0.15, 0.2) is 53.7 Å². The van der Waals surface area contributed by atoms with Crippen molar-refractivity contribution in [3.8, 4) is 0 Å². The summed E-state index contributed by atoms with van der Waals surface area (Å²) in [6.45, 7) is 1.84. The number of hydrogen-bond donors (Lipinski definition) is 3. The van der Waals surface area contributed by atoms with Gasteiger partial charge in [0.2, 0.25) is 0 Å². The monoisotopic (exact) mass is 495 g/mol. The molecule has 0 saturated carbocycles. The average molecular weight is 495 g/mol. The van der Waals surface area contributed by atoms with Crippen LogP contribution in [0.1, 0.15) is 24.1 Å². The summed E-state index contributed by atoms with van der Waals surface area (Å²) in [4.78, 5) is 20.7. The van der Waals surface area contributed by atoms with E-state index in [2.05, 4.69) is 25.9 Å². The Morgan fingerprint density at radius 2 is 2.07 bits per heavy atom. The zero-order chi connectivity index (χ0) is 18.9. The molecule has 0 spiro atoms. The van der Waals surface area contributed by atoms with E-state index in [4.69, 9.17) is 4.74 Å². The van der Waals surface area contributed by atoms with E-state index in [0.717, 1.165) is 29.8 Å². The minimum absolute atomic E-state index is 0. The Balaban J connectivity index is 0.00000280. The van der Waals surface area contributed by atoms with Gasteiger partial charge in [-0.15, -0.1) is 24.0 Å². The molecule has 2 heterocycles. The maximum atomic E-state index is 12.2. The number of amides is 1. The Labute approximate surface area is 182 Å². The van der Waals surface area contributed by atoms with E-state index < -0.39 is 0 Å².